The normalized spacial score (nSPS) is 12.3. The summed E-state index contributed by atoms with van der Waals surface area (Å²) in [6.07, 6.45) is 1.76. The van der Waals surface area contributed by atoms with Gasteiger partial charge in [0.25, 0.3) is 0 Å². The van der Waals surface area contributed by atoms with Gasteiger partial charge in [-0.2, -0.15) is 0 Å². The Labute approximate surface area is 152 Å². The van der Waals surface area contributed by atoms with Crippen molar-refractivity contribution in [3.05, 3.63) is 47.2 Å². The van der Waals surface area contributed by atoms with Crippen LogP contribution in [0.4, 0.5) is 5.69 Å². The molecule has 2 rings (SSSR count). The Morgan fingerprint density at radius 1 is 1.08 bits per heavy atom. The highest BCUT2D eigenvalue weighted by Gasteiger charge is 2.28. The first-order chi connectivity index (χ1) is 11.1. The average molecular weight is 361 g/mol. The fourth-order valence-electron chi connectivity index (χ4n) is 2.43. The lowest BCUT2D eigenvalue weighted by molar-refractivity contribution is 0.110. The topological polar surface area (TPSA) is 34.2 Å². The highest BCUT2D eigenvalue weighted by molar-refractivity contribution is 6.31. The minimum Gasteiger partial charge on any atom is -0.408 e. The Kier molecular flexibility index (Phi) is 5.73. The smallest absolute Gasteiger partial charge is 0.236 e. The van der Waals surface area contributed by atoms with E-state index in [0.29, 0.717) is 14.9 Å². The lowest BCUT2D eigenvalue weighted by Crippen LogP contribution is -2.28. The van der Waals surface area contributed by atoms with Crippen LogP contribution in [-0.2, 0) is 10.0 Å². The minimum atomic E-state index is -0.400. The van der Waals surface area contributed by atoms with Crippen LogP contribution in [0.15, 0.2) is 36.5 Å². The number of nitrogens with zero attached hydrogens (tertiary/aromatic N) is 1. The van der Waals surface area contributed by atoms with Gasteiger partial charge in [-0.1, -0.05) is 56.6 Å². The number of pyridine rings is 1. The molecule has 0 spiro atoms. The molecule has 0 amide bonds. The van der Waals surface area contributed by atoms with Crippen LogP contribution < -0.4 is 5.32 Å². The van der Waals surface area contributed by atoms with Crippen LogP contribution in [0.5, 0.6) is 0 Å². The van der Waals surface area contributed by atoms with Crippen LogP contribution in [0, 0.1) is 0 Å². The molecule has 0 aliphatic rings. The maximum absolute atomic E-state index is 6.30. The summed E-state index contributed by atoms with van der Waals surface area (Å²) in [5, 5.41) is 3.82. The first kappa shape index (κ1) is 19.0. The average Bonchev–Trinajstić information content (AvgIpc) is 2.52. The lowest BCUT2D eigenvalue weighted by atomic mass is 9.89. The van der Waals surface area contributed by atoms with E-state index in [2.05, 4.69) is 57.1 Å². The molecule has 0 saturated carbocycles. The number of aromatic nitrogens is 1. The van der Waals surface area contributed by atoms with E-state index in [1.54, 1.807) is 6.20 Å². The molecule has 2 radical (unpaired) electrons. The van der Waals surface area contributed by atoms with Gasteiger partial charge in [0, 0.05) is 12.6 Å². The molecule has 0 fully saturated rings. The van der Waals surface area contributed by atoms with Crippen molar-refractivity contribution in [1.82, 2.24) is 4.98 Å². The van der Waals surface area contributed by atoms with E-state index >= 15 is 0 Å². The number of halogens is 1. The van der Waals surface area contributed by atoms with Crippen LogP contribution in [0.2, 0.25) is 10.2 Å². The third kappa shape index (κ3) is 4.59. The zero-order valence-corrected chi connectivity index (χ0v) is 17.0. The van der Waals surface area contributed by atoms with Gasteiger partial charge in [-0.05, 0) is 36.1 Å². The molecule has 1 N–H and O–H groups in total. The Balaban J connectivity index is 2.50. The summed E-state index contributed by atoms with van der Waals surface area (Å²) < 4.78 is 6.30. The predicted molar refractivity (Wildman–Crippen MR) is 104 cm³/mol. The number of benzene rings is 1. The molecule has 24 heavy (non-hydrogen) atoms. The number of nitrogens with one attached hydrogen (secondary N) is 1. The molecule has 3 nitrogen and oxygen atoms in total. The molecule has 0 saturated heterocycles. The van der Waals surface area contributed by atoms with Gasteiger partial charge in [0.1, 0.15) is 5.15 Å². The van der Waals surface area contributed by atoms with Crippen molar-refractivity contribution in [3.63, 3.8) is 0 Å². The molecule has 0 bridgehead atoms. The van der Waals surface area contributed by atoms with E-state index in [0.717, 1.165) is 22.4 Å². The lowest BCUT2D eigenvalue weighted by Gasteiger charge is -2.31. The summed E-state index contributed by atoms with van der Waals surface area (Å²) in [6.45, 7) is 10.8. The second kappa shape index (κ2) is 7.26. The van der Waals surface area contributed by atoms with Crippen LogP contribution in [0.25, 0.3) is 11.1 Å². The molecule has 2 aromatic rings. The van der Waals surface area contributed by atoms with Crippen LogP contribution in [0.3, 0.4) is 0 Å². The van der Waals surface area contributed by atoms with E-state index < -0.39 is 5.60 Å². The molecule has 0 atom stereocenters. The predicted octanol–water partition coefficient (Wildman–Crippen LogP) is 5.53. The molecular formula is C19H25ClN2OSi. The zero-order chi connectivity index (χ0) is 18.0. The molecule has 128 valence electrons. The third-order valence-corrected chi connectivity index (χ3v) is 5.05. The summed E-state index contributed by atoms with van der Waals surface area (Å²) in [5.41, 5.74) is 3.82. The van der Waals surface area contributed by atoms with Gasteiger partial charge in [-0.15, -0.1) is 0 Å². The Morgan fingerprint density at radius 2 is 1.75 bits per heavy atom. The van der Waals surface area contributed by atoms with Crippen molar-refractivity contribution in [2.75, 3.05) is 12.4 Å². The van der Waals surface area contributed by atoms with Crippen molar-refractivity contribution < 1.29 is 4.43 Å². The summed E-state index contributed by atoms with van der Waals surface area (Å²) in [7, 11) is 2.30. The molecule has 0 aliphatic carbocycles. The number of anilines is 1. The second-order valence-electron chi connectivity index (χ2n) is 7.31. The summed E-state index contributed by atoms with van der Waals surface area (Å²) in [6, 6.07) is 10.2. The van der Waals surface area contributed by atoms with Gasteiger partial charge in [-0.3, -0.25) is 0 Å². The summed E-state index contributed by atoms with van der Waals surface area (Å²) in [4.78, 5) is 4.17. The van der Waals surface area contributed by atoms with Crippen molar-refractivity contribution >= 4 is 27.1 Å². The maximum Gasteiger partial charge on any atom is 0.236 e. The Hall–Kier alpha value is -1.36. The molecule has 1 aromatic heterocycles. The quantitative estimate of drug-likeness (QED) is 0.562. The van der Waals surface area contributed by atoms with Crippen molar-refractivity contribution in [2.45, 2.75) is 45.3 Å². The van der Waals surface area contributed by atoms with Gasteiger partial charge >= 0.3 is 0 Å². The van der Waals surface area contributed by atoms with Gasteiger partial charge in [0.2, 0.25) is 9.76 Å². The van der Waals surface area contributed by atoms with Gasteiger partial charge in [0.05, 0.1) is 17.5 Å². The molecule has 0 unspecified atom stereocenters. The number of hydrogen-bond donors (Lipinski definition) is 1. The van der Waals surface area contributed by atoms with E-state index in [4.69, 9.17) is 16.0 Å². The largest absolute Gasteiger partial charge is 0.408 e. The molecule has 1 aromatic carbocycles. The molecular weight excluding hydrogens is 336 g/mol. The maximum atomic E-state index is 6.30. The fraction of sp³-hybridized carbons (Fsp3) is 0.421. The summed E-state index contributed by atoms with van der Waals surface area (Å²) in [5.74, 6) is 0. The Morgan fingerprint density at radius 3 is 2.38 bits per heavy atom. The van der Waals surface area contributed by atoms with Crippen molar-refractivity contribution in [3.8, 4) is 11.1 Å². The highest BCUT2D eigenvalue weighted by atomic mass is 35.5. The van der Waals surface area contributed by atoms with Crippen molar-refractivity contribution in [1.29, 1.82) is 0 Å². The van der Waals surface area contributed by atoms with Crippen molar-refractivity contribution in [2.24, 2.45) is 0 Å². The van der Waals surface area contributed by atoms with Gasteiger partial charge in [0.15, 0.2) is 0 Å². The molecule has 0 aliphatic heterocycles. The van der Waals surface area contributed by atoms with E-state index in [1.165, 1.54) is 0 Å². The van der Waals surface area contributed by atoms with Gasteiger partial charge < -0.3 is 9.74 Å². The first-order valence-electron chi connectivity index (χ1n) is 8.02. The number of hydrogen-bond acceptors (Lipinski definition) is 3. The van der Waals surface area contributed by atoms with Crippen LogP contribution in [-0.4, -0.2) is 21.8 Å². The number of rotatable bonds is 5. The van der Waals surface area contributed by atoms with E-state index in [9.17, 15) is 0 Å². The standard InChI is InChI=1S/C19H25ClN2OSi/c1-18(2,3)24-23-19(4,5)15-10-8-7-9-13(15)14-11-17(20)22-12-16(14)21-6/h7-12,21H,1-6H3. The SMILES string of the molecule is CNc1cnc(Cl)cc1-c1ccccc1C(C)(C)O[Si]C(C)(C)C. The van der Waals surface area contributed by atoms with Crippen LogP contribution >= 0.6 is 11.6 Å². The highest BCUT2D eigenvalue weighted by Crippen LogP contribution is 2.38. The zero-order valence-electron chi connectivity index (χ0n) is 15.2. The third-order valence-electron chi connectivity index (χ3n) is 3.62. The fourth-order valence-corrected chi connectivity index (χ4v) is 3.26. The second-order valence-corrected chi connectivity index (χ2v) is 9.61. The molecule has 1 heterocycles. The Bertz CT molecular complexity index is 711. The summed E-state index contributed by atoms with van der Waals surface area (Å²) >= 11 is 6.14. The first-order valence-corrected chi connectivity index (χ1v) is 9.31. The van der Waals surface area contributed by atoms with E-state index in [1.807, 2.05) is 25.2 Å². The van der Waals surface area contributed by atoms with E-state index in [-0.39, 0.29) is 5.04 Å². The minimum absolute atomic E-state index is 0.141. The monoisotopic (exact) mass is 360 g/mol. The molecule has 5 heteroatoms. The van der Waals surface area contributed by atoms with Crippen LogP contribution in [0.1, 0.15) is 40.2 Å². The van der Waals surface area contributed by atoms with Gasteiger partial charge in [-0.25, -0.2) is 4.98 Å².